The fourth-order valence-electron chi connectivity index (χ4n) is 3.75. The highest BCUT2D eigenvalue weighted by Crippen LogP contribution is 2.10. The second-order valence-corrected chi connectivity index (χ2v) is 8.82. The maximum atomic E-state index is 12.0. The highest BCUT2D eigenvalue weighted by molar-refractivity contribution is 5.69. The Morgan fingerprint density at radius 3 is 1.97 bits per heavy atom. The van der Waals surface area contributed by atoms with Crippen molar-refractivity contribution in [1.29, 1.82) is 0 Å². The molecule has 194 valence electrons. The molecule has 0 saturated carbocycles. The third kappa shape index (κ3) is 20.0. The predicted octanol–water partition coefficient (Wildman–Crippen LogP) is 3.49. The largest absolute Gasteiger partial charge is 1.00 e. The summed E-state index contributed by atoms with van der Waals surface area (Å²) in [5.41, 5.74) is 0. The first-order chi connectivity index (χ1) is 16.1. The van der Waals surface area contributed by atoms with E-state index in [-0.39, 0.29) is 42.5 Å². The second kappa shape index (κ2) is 23.3. The van der Waals surface area contributed by atoms with E-state index in [1.165, 1.54) is 64.7 Å². The van der Waals surface area contributed by atoms with Crippen LogP contribution in [0, 0.1) is 0 Å². The second-order valence-electron chi connectivity index (χ2n) is 8.82. The van der Waals surface area contributed by atoms with E-state index in [1.807, 2.05) is 35.2 Å². The number of carbonyl (C=O) groups excluding carboxylic acids is 2. The molecule has 5 nitrogen and oxygen atoms in total. The van der Waals surface area contributed by atoms with Gasteiger partial charge in [-0.25, -0.2) is 4.57 Å². The molecule has 6 heteroatoms. The van der Waals surface area contributed by atoms with Crippen molar-refractivity contribution in [3.8, 4) is 0 Å². The Morgan fingerprint density at radius 2 is 1.38 bits per heavy atom. The molecule has 1 unspecified atom stereocenters. The SMILES string of the molecule is CCCCCCCC/C=C\CCCCCCCC(=O)OCC(C[n+]1ccccc1)OC(C)=O.[I-]. The zero-order valence-electron chi connectivity index (χ0n) is 21.4. The first-order valence-corrected chi connectivity index (χ1v) is 13.0. The van der Waals surface area contributed by atoms with Crippen molar-refractivity contribution in [2.75, 3.05) is 6.61 Å². The van der Waals surface area contributed by atoms with Crippen LogP contribution >= 0.6 is 0 Å². The molecule has 0 aliphatic rings. The van der Waals surface area contributed by atoms with Gasteiger partial charge in [0.05, 0.1) is 0 Å². The van der Waals surface area contributed by atoms with Crippen LogP contribution in [0.15, 0.2) is 42.7 Å². The van der Waals surface area contributed by atoms with Crippen LogP contribution in [0.2, 0.25) is 0 Å². The highest BCUT2D eigenvalue weighted by atomic mass is 127. The Balaban J connectivity index is 0.0000109. The number of hydrogen-bond acceptors (Lipinski definition) is 4. The first kappa shape index (κ1) is 32.6. The summed E-state index contributed by atoms with van der Waals surface area (Å²) < 4.78 is 12.6. The van der Waals surface area contributed by atoms with Gasteiger partial charge < -0.3 is 33.5 Å². The van der Waals surface area contributed by atoms with Crippen LogP contribution in [0.1, 0.15) is 104 Å². The molecule has 0 spiro atoms. The first-order valence-electron chi connectivity index (χ1n) is 13.0. The van der Waals surface area contributed by atoms with E-state index in [1.54, 1.807) is 0 Å². The van der Waals surface area contributed by atoms with E-state index in [2.05, 4.69) is 19.1 Å². The molecule has 0 bridgehead atoms. The molecule has 0 radical (unpaired) electrons. The van der Waals surface area contributed by atoms with Gasteiger partial charge >= 0.3 is 11.9 Å². The summed E-state index contributed by atoms with van der Waals surface area (Å²) in [4.78, 5) is 23.4. The molecule has 1 rings (SSSR count). The quantitative estimate of drug-likeness (QED) is 0.0771. The summed E-state index contributed by atoms with van der Waals surface area (Å²) in [6, 6.07) is 5.73. The predicted molar refractivity (Wildman–Crippen MR) is 133 cm³/mol. The minimum atomic E-state index is -0.479. The number of halogens is 1. The number of nitrogens with zero attached hydrogens (tertiary/aromatic N) is 1. The number of unbranched alkanes of at least 4 members (excludes halogenated alkanes) is 11. The van der Waals surface area contributed by atoms with E-state index in [4.69, 9.17) is 9.47 Å². The summed E-state index contributed by atoms with van der Waals surface area (Å²) in [5.74, 6) is -0.590. The number of allylic oxidation sites excluding steroid dienone is 2. The topological polar surface area (TPSA) is 56.5 Å². The molecule has 0 aromatic carbocycles. The number of pyridine rings is 1. The lowest BCUT2D eigenvalue weighted by molar-refractivity contribution is -0.703. The monoisotopic (exact) mass is 587 g/mol. The van der Waals surface area contributed by atoms with Crippen molar-refractivity contribution in [3.63, 3.8) is 0 Å². The van der Waals surface area contributed by atoms with Crippen LogP contribution in [0.3, 0.4) is 0 Å². The highest BCUT2D eigenvalue weighted by Gasteiger charge is 2.19. The maximum Gasteiger partial charge on any atom is 0.305 e. The number of rotatable bonds is 20. The van der Waals surface area contributed by atoms with Crippen LogP contribution in [0.25, 0.3) is 0 Å². The van der Waals surface area contributed by atoms with Crippen molar-refractivity contribution in [2.45, 2.75) is 116 Å². The molecule has 1 heterocycles. The molecule has 1 aromatic rings. The lowest BCUT2D eigenvalue weighted by atomic mass is 10.1. The Morgan fingerprint density at radius 1 is 0.824 bits per heavy atom. The molecule has 0 aliphatic carbocycles. The average molecular weight is 588 g/mol. The molecule has 0 aliphatic heterocycles. The van der Waals surface area contributed by atoms with Gasteiger partial charge in [0.25, 0.3) is 0 Å². The summed E-state index contributed by atoms with van der Waals surface area (Å²) in [7, 11) is 0. The maximum absolute atomic E-state index is 12.0. The fraction of sp³-hybridized carbons (Fsp3) is 0.679. The van der Waals surface area contributed by atoms with Crippen LogP contribution in [-0.2, 0) is 25.6 Å². The number of ether oxygens (including phenoxy) is 2. The average Bonchev–Trinajstić information content (AvgIpc) is 2.80. The summed E-state index contributed by atoms with van der Waals surface area (Å²) in [6.45, 7) is 4.18. The molecule has 0 N–H and O–H groups in total. The van der Waals surface area contributed by atoms with Crippen LogP contribution in [-0.4, -0.2) is 24.6 Å². The molecule has 1 aromatic heterocycles. The van der Waals surface area contributed by atoms with Crippen molar-refractivity contribution >= 4 is 11.9 Å². The Bertz CT molecular complexity index is 651. The standard InChI is InChI=1S/C28H46NO4.HI/c1-3-4-5-6-7-8-9-10-11-12-13-14-15-16-18-21-28(31)32-25-27(33-26(2)30)24-29-22-19-17-20-23-29;/h10-11,17,19-20,22-23,27H,3-9,12-16,18,21,24-25H2,1-2H3;1H/q+1;/p-1/b11-10-;. The lowest BCUT2D eigenvalue weighted by Gasteiger charge is -2.14. The van der Waals surface area contributed by atoms with Gasteiger partial charge in [0.1, 0.15) is 6.61 Å². The molecule has 1 atom stereocenters. The van der Waals surface area contributed by atoms with Gasteiger partial charge in [0, 0.05) is 25.5 Å². The van der Waals surface area contributed by atoms with Gasteiger partial charge in [0.15, 0.2) is 25.0 Å². The normalized spacial score (nSPS) is 11.7. The molecule has 34 heavy (non-hydrogen) atoms. The van der Waals surface area contributed by atoms with Crippen LogP contribution < -0.4 is 28.5 Å². The Labute approximate surface area is 224 Å². The summed E-state index contributed by atoms with van der Waals surface area (Å²) >= 11 is 0. The summed E-state index contributed by atoms with van der Waals surface area (Å²) in [5, 5.41) is 0. The van der Waals surface area contributed by atoms with Gasteiger partial charge in [-0.2, -0.15) is 0 Å². The van der Waals surface area contributed by atoms with Crippen LogP contribution in [0.5, 0.6) is 0 Å². The minimum Gasteiger partial charge on any atom is -1.00 e. The third-order valence-electron chi connectivity index (χ3n) is 5.60. The van der Waals surface area contributed by atoms with E-state index >= 15 is 0 Å². The van der Waals surface area contributed by atoms with Crippen molar-refractivity contribution in [1.82, 2.24) is 0 Å². The molecule has 0 fully saturated rings. The molecular weight excluding hydrogens is 541 g/mol. The van der Waals surface area contributed by atoms with Crippen molar-refractivity contribution in [3.05, 3.63) is 42.7 Å². The van der Waals surface area contributed by atoms with Gasteiger partial charge in [-0.05, 0) is 32.1 Å². The summed E-state index contributed by atoms with van der Waals surface area (Å²) in [6.07, 6.45) is 24.4. The molecule has 0 amide bonds. The van der Waals surface area contributed by atoms with Crippen molar-refractivity contribution in [2.24, 2.45) is 0 Å². The van der Waals surface area contributed by atoms with Crippen LogP contribution in [0.4, 0.5) is 0 Å². The zero-order chi connectivity index (χ0) is 24.0. The number of esters is 2. The molecular formula is C28H46INO4. The van der Waals surface area contributed by atoms with E-state index < -0.39 is 6.10 Å². The van der Waals surface area contributed by atoms with Gasteiger partial charge in [-0.3, -0.25) is 9.59 Å². The van der Waals surface area contributed by atoms with Gasteiger partial charge in [-0.1, -0.05) is 76.5 Å². The van der Waals surface area contributed by atoms with Gasteiger partial charge in [-0.15, -0.1) is 0 Å². The minimum absolute atomic E-state index is 0. The van der Waals surface area contributed by atoms with Crippen molar-refractivity contribution < 1.29 is 47.6 Å². The zero-order valence-corrected chi connectivity index (χ0v) is 23.5. The van der Waals surface area contributed by atoms with E-state index in [0.29, 0.717) is 13.0 Å². The fourth-order valence-corrected chi connectivity index (χ4v) is 3.75. The van der Waals surface area contributed by atoms with Gasteiger partial charge in [0.2, 0.25) is 0 Å². The van der Waals surface area contributed by atoms with E-state index in [9.17, 15) is 9.59 Å². The molecule has 0 saturated heterocycles. The smallest absolute Gasteiger partial charge is 0.305 e. The van der Waals surface area contributed by atoms with E-state index in [0.717, 1.165) is 25.7 Å². The lowest BCUT2D eigenvalue weighted by Crippen LogP contribution is -3.00. The Hall–Kier alpha value is -1.44. The Kier molecular flexibility index (Phi) is 22.3. The number of aromatic nitrogens is 1. The third-order valence-corrected chi connectivity index (χ3v) is 5.60. The number of hydrogen-bond donors (Lipinski definition) is 0. The number of carbonyl (C=O) groups is 2.